The van der Waals surface area contributed by atoms with Crippen LogP contribution in [0.2, 0.25) is 0 Å². The fourth-order valence-electron chi connectivity index (χ4n) is 0.935. The molecule has 5 nitrogen and oxygen atoms in total. The van der Waals surface area contributed by atoms with Gasteiger partial charge >= 0.3 is 0 Å². The van der Waals surface area contributed by atoms with E-state index in [-0.39, 0.29) is 5.91 Å². The number of nitrogens with one attached hydrogen (secondary N) is 1. The van der Waals surface area contributed by atoms with Crippen LogP contribution in [0.1, 0.15) is 26.2 Å². The van der Waals surface area contributed by atoms with Crippen LogP contribution < -0.4 is 11.1 Å². The highest BCUT2D eigenvalue weighted by Gasteiger charge is 2.02. The SMILES string of the molecule is CCCCN=C(N)NCCC(=O)N(C)C. The summed E-state index contributed by atoms with van der Waals surface area (Å²) in [5.41, 5.74) is 5.59. The lowest BCUT2D eigenvalue weighted by Gasteiger charge is -2.10. The van der Waals surface area contributed by atoms with E-state index in [0.29, 0.717) is 18.9 Å². The zero-order valence-electron chi connectivity index (χ0n) is 9.92. The molecule has 0 atom stereocenters. The average Bonchev–Trinajstić information content (AvgIpc) is 2.18. The Bertz CT molecular complexity index is 213. The van der Waals surface area contributed by atoms with Gasteiger partial charge in [0, 0.05) is 33.6 Å². The molecule has 5 heteroatoms. The second-order valence-electron chi connectivity index (χ2n) is 3.59. The zero-order valence-corrected chi connectivity index (χ0v) is 9.92. The van der Waals surface area contributed by atoms with Crippen LogP contribution in [0.3, 0.4) is 0 Å². The van der Waals surface area contributed by atoms with E-state index in [1.165, 1.54) is 0 Å². The van der Waals surface area contributed by atoms with Crippen LogP contribution in [-0.2, 0) is 4.79 Å². The molecule has 0 aromatic heterocycles. The number of carbonyl (C=O) groups excluding carboxylic acids is 1. The number of unbranched alkanes of at least 4 members (excludes halogenated alkanes) is 1. The lowest BCUT2D eigenvalue weighted by atomic mass is 10.3. The standard InChI is InChI=1S/C10H22N4O/c1-4-5-7-12-10(11)13-8-6-9(15)14(2)3/h4-8H2,1-3H3,(H3,11,12,13). The number of hydrogen-bond acceptors (Lipinski definition) is 2. The first kappa shape index (κ1) is 13.7. The lowest BCUT2D eigenvalue weighted by molar-refractivity contribution is -0.128. The van der Waals surface area contributed by atoms with E-state index in [2.05, 4.69) is 17.2 Å². The average molecular weight is 214 g/mol. The van der Waals surface area contributed by atoms with Gasteiger partial charge in [-0.2, -0.15) is 0 Å². The Morgan fingerprint density at radius 3 is 2.67 bits per heavy atom. The van der Waals surface area contributed by atoms with Gasteiger partial charge < -0.3 is 16.0 Å². The summed E-state index contributed by atoms with van der Waals surface area (Å²) in [4.78, 5) is 16.9. The zero-order chi connectivity index (χ0) is 11.7. The van der Waals surface area contributed by atoms with E-state index in [1.54, 1.807) is 19.0 Å². The second kappa shape index (κ2) is 8.08. The van der Waals surface area contributed by atoms with E-state index in [9.17, 15) is 4.79 Å². The van der Waals surface area contributed by atoms with Gasteiger partial charge in [0.2, 0.25) is 5.91 Å². The summed E-state index contributed by atoms with van der Waals surface area (Å²) < 4.78 is 0. The third-order valence-corrected chi connectivity index (χ3v) is 1.94. The van der Waals surface area contributed by atoms with E-state index in [1.807, 2.05) is 0 Å². The van der Waals surface area contributed by atoms with Crippen molar-refractivity contribution in [3.63, 3.8) is 0 Å². The molecule has 0 saturated heterocycles. The van der Waals surface area contributed by atoms with Gasteiger partial charge in [0.15, 0.2) is 5.96 Å². The Hall–Kier alpha value is -1.26. The van der Waals surface area contributed by atoms with Crippen LogP contribution in [0.25, 0.3) is 0 Å². The molecule has 0 radical (unpaired) electrons. The molecular formula is C10H22N4O. The number of guanidine groups is 1. The Morgan fingerprint density at radius 2 is 2.13 bits per heavy atom. The first-order chi connectivity index (χ1) is 7.07. The fourth-order valence-corrected chi connectivity index (χ4v) is 0.935. The minimum absolute atomic E-state index is 0.0869. The van der Waals surface area contributed by atoms with E-state index in [4.69, 9.17) is 5.73 Å². The van der Waals surface area contributed by atoms with Crippen molar-refractivity contribution in [1.29, 1.82) is 0 Å². The van der Waals surface area contributed by atoms with E-state index >= 15 is 0 Å². The molecule has 0 heterocycles. The van der Waals surface area contributed by atoms with Crippen molar-refractivity contribution in [2.75, 3.05) is 27.2 Å². The fraction of sp³-hybridized carbons (Fsp3) is 0.800. The first-order valence-corrected chi connectivity index (χ1v) is 5.31. The molecule has 0 spiro atoms. The summed E-state index contributed by atoms with van der Waals surface area (Å²) in [6, 6.07) is 0. The van der Waals surface area contributed by atoms with Crippen LogP contribution in [0, 0.1) is 0 Å². The van der Waals surface area contributed by atoms with Crippen LogP contribution >= 0.6 is 0 Å². The minimum atomic E-state index is 0.0869. The van der Waals surface area contributed by atoms with Gasteiger partial charge in [0.25, 0.3) is 0 Å². The first-order valence-electron chi connectivity index (χ1n) is 5.31. The van der Waals surface area contributed by atoms with Crippen molar-refractivity contribution in [3.8, 4) is 0 Å². The maximum Gasteiger partial charge on any atom is 0.223 e. The molecule has 1 amide bonds. The molecule has 0 saturated carbocycles. The van der Waals surface area contributed by atoms with Gasteiger partial charge in [-0.3, -0.25) is 9.79 Å². The molecule has 0 aromatic rings. The molecule has 88 valence electrons. The molecule has 0 aliphatic heterocycles. The maximum atomic E-state index is 11.2. The van der Waals surface area contributed by atoms with E-state index < -0.39 is 0 Å². The normalized spacial score (nSPS) is 11.3. The molecule has 0 aliphatic rings. The largest absolute Gasteiger partial charge is 0.370 e. The molecule has 0 rings (SSSR count). The number of rotatable bonds is 6. The molecule has 0 aliphatic carbocycles. The minimum Gasteiger partial charge on any atom is -0.370 e. The van der Waals surface area contributed by atoms with Crippen molar-refractivity contribution < 1.29 is 4.79 Å². The number of nitrogens with two attached hydrogens (primary N) is 1. The number of hydrogen-bond donors (Lipinski definition) is 2. The third-order valence-electron chi connectivity index (χ3n) is 1.94. The molecular weight excluding hydrogens is 192 g/mol. The molecule has 0 aromatic carbocycles. The number of nitrogens with zero attached hydrogens (tertiary/aromatic N) is 2. The number of carbonyl (C=O) groups is 1. The highest BCUT2D eigenvalue weighted by Crippen LogP contribution is 1.87. The Kier molecular flexibility index (Phi) is 7.40. The quantitative estimate of drug-likeness (QED) is 0.376. The van der Waals surface area contributed by atoms with Crippen molar-refractivity contribution in [2.24, 2.45) is 10.7 Å². The van der Waals surface area contributed by atoms with Crippen molar-refractivity contribution in [2.45, 2.75) is 26.2 Å². The molecule has 15 heavy (non-hydrogen) atoms. The van der Waals surface area contributed by atoms with Crippen LogP contribution in [0.5, 0.6) is 0 Å². The van der Waals surface area contributed by atoms with Crippen molar-refractivity contribution in [3.05, 3.63) is 0 Å². The monoisotopic (exact) mass is 214 g/mol. The van der Waals surface area contributed by atoms with Gasteiger partial charge in [0.1, 0.15) is 0 Å². The smallest absolute Gasteiger partial charge is 0.223 e. The second-order valence-corrected chi connectivity index (χ2v) is 3.59. The van der Waals surface area contributed by atoms with Gasteiger partial charge in [-0.15, -0.1) is 0 Å². The van der Waals surface area contributed by atoms with Crippen LogP contribution in [0.4, 0.5) is 0 Å². The van der Waals surface area contributed by atoms with Crippen LogP contribution in [-0.4, -0.2) is 44.0 Å². The van der Waals surface area contributed by atoms with Gasteiger partial charge in [0.05, 0.1) is 0 Å². The summed E-state index contributed by atoms with van der Waals surface area (Å²) in [7, 11) is 3.47. The summed E-state index contributed by atoms with van der Waals surface area (Å²) >= 11 is 0. The van der Waals surface area contributed by atoms with E-state index in [0.717, 1.165) is 19.4 Å². The van der Waals surface area contributed by atoms with Crippen LogP contribution in [0.15, 0.2) is 4.99 Å². The predicted molar refractivity (Wildman–Crippen MR) is 62.7 cm³/mol. The number of amides is 1. The summed E-state index contributed by atoms with van der Waals surface area (Å²) in [5, 5.41) is 2.91. The Morgan fingerprint density at radius 1 is 1.47 bits per heavy atom. The van der Waals surface area contributed by atoms with Gasteiger partial charge in [-0.05, 0) is 6.42 Å². The van der Waals surface area contributed by atoms with Crippen molar-refractivity contribution >= 4 is 11.9 Å². The Balaban J connectivity index is 3.58. The predicted octanol–water partition coefficient (Wildman–Crippen LogP) is 0.169. The lowest BCUT2D eigenvalue weighted by Crippen LogP contribution is -2.35. The molecule has 0 fully saturated rings. The van der Waals surface area contributed by atoms with Crippen molar-refractivity contribution in [1.82, 2.24) is 10.2 Å². The number of aliphatic imine (C=N–C) groups is 1. The van der Waals surface area contributed by atoms with Gasteiger partial charge in [-0.1, -0.05) is 13.3 Å². The third kappa shape index (κ3) is 7.78. The van der Waals surface area contributed by atoms with Gasteiger partial charge in [-0.25, -0.2) is 0 Å². The summed E-state index contributed by atoms with van der Waals surface area (Å²) in [6.45, 7) is 3.39. The summed E-state index contributed by atoms with van der Waals surface area (Å²) in [6.07, 6.45) is 2.59. The highest BCUT2D eigenvalue weighted by molar-refractivity contribution is 5.79. The molecule has 0 bridgehead atoms. The molecule has 3 N–H and O–H groups in total. The topological polar surface area (TPSA) is 70.7 Å². The summed E-state index contributed by atoms with van der Waals surface area (Å²) in [5.74, 6) is 0.513. The highest BCUT2D eigenvalue weighted by atomic mass is 16.2. The maximum absolute atomic E-state index is 11.2. The Labute approximate surface area is 91.7 Å². The molecule has 0 unspecified atom stereocenters.